The van der Waals surface area contributed by atoms with Crippen molar-refractivity contribution in [1.29, 1.82) is 0 Å². The Morgan fingerprint density at radius 1 is 1.25 bits per heavy atom. The third kappa shape index (κ3) is 3.61. The fraction of sp³-hybridized carbons (Fsp3) is 0.667. The summed E-state index contributed by atoms with van der Waals surface area (Å²) in [6.45, 7) is 0.988. The van der Waals surface area contributed by atoms with Crippen LogP contribution in [0.25, 0.3) is 0 Å². The number of halogens is 3. The van der Waals surface area contributed by atoms with E-state index in [1.807, 2.05) is 4.90 Å². The van der Waals surface area contributed by atoms with Crippen LogP contribution in [0.2, 0.25) is 0 Å². The van der Waals surface area contributed by atoms with Crippen molar-refractivity contribution in [2.75, 3.05) is 13.1 Å². The first-order valence-electron chi connectivity index (χ1n) is 7.96. The molecule has 1 amide bonds. The zero-order valence-corrected chi connectivity index (χ0v) is 13.1. The molecule has 2 fully saturated rings. The van der Waals surface area contributed by atoms with Crippen LogP contribution in [0.5, 0.6) is 0 Å². The Morgan fingerprint density at radius 2 is 1.88 bits per heavy atom. The molecule has 1 aliphatic heterocycles. The Kier molecular flexibility index (Phi) is 4.37. The fourth-order valence-electron chi connectivity index (χ4n) is 2.99. The van der Waals surface area contributed by atoms with Gasteiger partial charge in [-0.3, -0.25) is 14.5 Å². The molecule has 0 unspecified atom stereocenters. The van der Waals surface area contributed by atoms with E-state index in [1.54, 1.807) is 0 Å². The van der Waals surface area contributed by atoms with Gasteiger partial charge in [0.05, 0.1) is 12.4 Å². The second kappa shape index (κ2) is 6.19. The molecule has 6 nitrogen and oxygen atoms in total. The largest absolute Gasteiger partial charge is 0.421 e. The van der Waals surface area contributed by atoms with Gasteiger partial charge in [-0.25, -0.2) is 4.68 Å². The van der Waals surface area contributed by atoms with Crippen LogP contribution in [0.15, 0.2) is 10.9 Å². The number of aromatic nitrogens is 2. The van der Waals surface area contributed by atoms with Gasteiger partial charge in [0.25, 0.3) is 5.56 Å². The normalized spacial score (nSPS) is 20.3. The van der Waals surface area contributed by atoms with E-state index in [0.717, 1.165) is 23.6 Å². The van der Waals surface area contributed by atoms with Gasteiger partial charge >= 0.3 is 6.18 Å². The molecule has 0 bridgehead atoms. The van der Waals surface area contributed by atoms with Crippen molar-refractivity contribution in [3.05, 3.63) is 27.7 Å². The smallest absolute Gasteiger partial charge is 0.369 e. The van der Waals surface area contributed by atoms with E-state index >= 15 is 0 Å². The molecule has 1 aliphatic carbocycles. The van der Waals surface area contributed by atoms with Gasteiger partial charge in [0.2, 0.25) is 5.91 Å². The second-order valence-corrected chi connectivity index (χ2v) is 6.50. The van der Waals surface area contributed by atoms with Crippen molar-refractivity contribution in [1.82, 2.24) is 14.7 Å². The van der Waals surface area contributed by atoms with Crippen molar-refractivity contribution in [3.8, 4) is 0 Å². The predicted molar refractivity (Wildman–Crippen MR) is 79.0 cm³/mol. The third-order valence-electron chi connectivity index (χ3n) is 4.62. The predicted octanol–water partition coefficient (Wildman–Crippen LogP) is 1.29. The van der Waals surface area contributed by atoms with Crippen LogP contribution >= 0.6 is 0 Å². The summed E-state index contributed by atoms with van der Waals surface area (Å²) in [6, 6.07) is 0.885. The third-order valence-corrected chi connectivity index (χ3v) is 4.62. The SMILES string of the molecule is NC(=O)C1CCN(Cn2nc(C3CC3)cc(C(F)(F)F)c2=O)CC1. The lowest BCUT2D eigenvalue weighted by Crippen LogP contribution is -2.42. The van der Waals surface area contributed by atoms with Crippen molar-refractivity contribution in [2.45, 2.75) is 44.4 Å². The molecule has 3 rings (SSSR count). The summed E-state index contributed by atoms with van der Waals surface area (Å²) >= 11 is 0. The van der Waals surface area contributed by atoms with Gasteiger partial charge in [-0.15, -0.1) is 0 Å². The quantitative estimate of drug-likeness (QED) is 0.893. The van der Waals surface area contributed by atoms with Crippen molar-refractivity contribution < 1.29 is 18.0 Å². The maximum Gasteiger partial charge on any atom is 0.421 e. The molecule has 0 atom stereocenters. The molecule has 24 heavy (non-hydrogen) atoms. The highest BCUT2D eigenvalue weighted by Gasteiger charge is 2.38. The standard InChI is InChI=1S/C15H19F3N4O2/c16-15(17,18)11-7-12(9-1-2-9)20-22(14(11)24)8-21-5-3-10(4-6-21)13(19)23/h7,9-10H,1-6,8H2,(H2,19,23). The Hall–Kier alpha value is -1.90. The number of carbonyl (C=O) groups excluding carboxylic acids is 1. The van der Waals surface area contributed by atoms with Crippen LogP contribution in [-0.2, 0) is 17.6 Å². The van der Waals surface area contributed by atoms with E-state index in [1.165, 1.54) is 0 Å². The van der Waals surface area contributed by atoms with Gasteiger partial charge in [-0.05, 0) is 31.7 Å². The molecule has 0 aromatic carbocycles. The number of nitrogens with zero attached hydrogens (tertiary/aromatic N) is 3. The average Bonchev–Trinajstić information content (AvgIpc) is 3.33. The number of hydrogen-bond acceptors (Lipinski definition) is 4. The summed E-state index contributed by atoms with van der Waals surface area (Å²) in [5, 5.41) is 4.13. The summed E-state index contributed by atoms with van der Waals surface area (Å²) < 4.78 is 40.2. The van der Waals surface area contributed by atoms with Gasteiger partial charge in [0, 0.05) is 24.9 Å². The number of amides is 1. The Labute approximate surface area is 136 Å². The molecular formula is C15H19F3N4O2. The molecular weight excluding hydrogens is 325 g/mol. The summed E-state index contributed by atoms with van der Waals surface area (Å²) in [4.78, 5) is 25.1. The maximum absolute atomic E-state index is 13.1. The van der Waals surface area contributed by atoms with Gasteiger partial charge < -0.3 is 5.73 Å². The first kappa shape index (κ1) is 16.9. The minimum absolute atomic E-state index is 0.00600. The van der Waals surface area contributed by atoms with Gasteiger partial charge in [-0.1, -0.05) is 0 Å². The van der Waals surface area contributed by atoms with Crippen LogP contribution in [0, 0.1) is 5.92 Å². The molecule has 2 aliphatic rings. The summed E-state index contributed by atoms with van der Waals surface area (Å²) in [5.74, 6) is -0.562. The van der Waals surface area contributed by atoms with Crippen LogP contribution in [0.3, 0.4) is 0 Å². The lowest BCUT2D eigenvalue weighted by atomic mass is 9.97. The maximum atomic E-state index is 13.1. The highest BCUT2D eigenvalue weighted by atomic mass is 19.4. The number of nitrogens with two attached hydrogens (primary N) is 1. The van der Waals surface area contributed by atoms with Crippen LogP contribution < -0.4 is 11.3 Å². The van der Waals surface area contributed by atoms with E-state index in [-0.39, 0.29) is 24.4 Å². The lowest BCUT2D eigenvalue weighted by Gasteiger charge is -2.30. The highest BCUT2D eigenvalue weighted by molar-refractivity contribution is 5.76. The molecule has 132 valence electrons. The van der Waals surface area contributed by atoms with Gasteiger partial charge in [-0.2, -0.15) is 18.3 Å². The Balaban J connectivity index is 1.81. The first-order chi connectivity index (χ1) is 11.3. The Morgan fingerprint density at radius 3 is 2.38 bits per heavy atom. The zero-order chi connectivity index (χ0) is 17.5. The number of likely N-dealkylation sites (tertiary alicyclic amines) is 1. The number of hydrogen-bond donors (Lipinski definition) is 1. The molecule has 1 saturated heterocycles. The Bertz CT molecular complexity index is 689. The number of carbonyl (C=O) groups is 1. The van der Waals surface area contributed by atoms with E-state index in [0.29, 0.717) is 31.6 Å². The fourth-order valence-corrected chi connectivity index (χ4v) is 2.99. The molecule has 1 saturated carbocycles. The zero-order valence-electron chi connectivity index (χ0n) is 13.1. The first-order valence-corrected chi connectivity index (χ1v) is 7.96. The van der Waals surface area contributed by atoms with E-state index < -0.39 is 17.3 Å². The van der Waals surface area contributed by atoms with Crippen molar-refractivity contribution >= 4 is 5.91 Å². The number of primary amides is 1. The number of alkyl halides is 3. The topological polar surface area (TPSA) is 81.2 Å². The van der Waals surface area contributed by atoms with Crippen LogP contribution in [0.1, 0.15) is 42.9 Å². The van der Waals surface area contributed by atoms with Crippen LogP contribution in [0.4, 0.5) is 13.2 Å². The summed E-state index contributed by atoms with van der Waals surface area (Å²) in [6.07, 6.45) is -2.01. The lowest BCUT2D eigenvalue weighted by molar-refractivity contribution is -0.139. The molecule has 2 N–H and O–H groups in total. The molecule has 0 radical (unpaired) electrons. The number of piperidine rings is 1. The molecule has 1 aromatic rings. The van der Waals surface area contributed by atoms with E-state index in [4.69, 9.17) is 5.73 Å². The molecule has 2 heterocycles. The minimum Gasteiger partial charge on any atom is -0.369 e. The van der Waals surface area contributed by atoms with Gasteiger partial charge in [0.15, 0.2) is 0 Å². The summed E-state index contributed by atoms with van der Waals surface area (Å²) in [7, 11) is 0. The average molecular weight is 344 g/mol. The molecule has 0 spiro atoms. The molecule has 9 heteroatoms. The molecule has 1 aromatic heterocycles. The van der Waals surface area contributed by atoms with Gasteiger partial charge in [0.1, 0.15) is 5.56 Å². The highest BCUT2D eigenvalue weighted by Crippen LogP contribution is 2.40. The van der Waals surface area contributed by atoms with Crippen LogP contribution in [-0.4, -0.2) is 33.7 Å². The summed E-state index contributed by atoms with van der Waals surface area (Å²) in [5.41, 5.74) is 3.31. The number of rotatable bonds is 4. The second-order valence-electron chi connectivity index (χ2n) is 6.50. The van der Waals surface area contributed by atoms with Crippen molar-refractivity contribution in [3.63, 3.8) is 0 Å². The minimum atomic E-state index is -4.69. The van der Waals surface area contributed by atoms with Crippen molar-refractivity contribution in [2.24, 2.45) is 11.7 Å². The van der Waals surface area contributed by atoms with E-state index in [9.17, 15) is 22.8 Å². The van der Waals surface area contributed by atoms with E-state index in [2.05, 4.69) is 5.10 Å². The monoisotopic (exact) mass is 344 g/mol.